The highest BCUT2D eigenvalue weighted by molar-refractivity contribution is 5.47. The van der Waals surface area contributed by atoms with Crippen molar-refractivity contribution in [3.8, 4) is 11.5 Å². The van der Waals surface area contributed by atoms with Crippen molar-refractivity contribution in [2.75, 3.05) is 33.9 Å². The first kappa shape index (κ1) is 19.5. The molecule has 4 heteroatoms. The average Bonchev–Trinajstić information content (AvgIpc) is 2.70. The van der Waals surface area contributed by atoms with Gasteiger partial charge in [-0.25, -0.2) is 0 Å². The Hall–Kier alpha value is -2.30. The third kappa shape index (κ3) is 4.34. The van der Waals surface area contributed by atoms with Gasteiger partial charge in [-0.2, -0.15) is 0 Å². The minimum Gasteiger partial charge on any atom is -0.497 e. The molecule has 2 N–H and O–H groups in total. The van der Waals surface area contributed by atoms with E-state index in [-0.39, 0.29) is 0 Å². The van der Waals surface area contributed by atoms with Crippen LogP contribution in [0.3, 0.4) is 0 Å². The molecule has 3 rings (SSSR count). The van der Waals surface area contributed by atoms with Crippen molar-refractivity contribution in [3.63, 3.8) is 0 Å². The van der Waals surface area contributed by atoms with Crippen LogP contribution in [0.1, 0.15) is 41.5 Å². The van der Waals surface area contributed by atoms with E-state index in [2.05, 4.69) is 48.9 Å². The van der Waals surface area contributed by atoms with E-state index in [1.54, 1.807) is 7.11 Å². The summed E-state index contributed by atoms with van der Waals surface area (Å²) in [6.45, 7) is 6.23. The Morgan fingerprint density at radius 2 is 1.89 bits per heavy atom. The van der Waals surface area contributed by atoms with Crippen molar-refractivity contribution in [2.24, 2.45) is 5.73 Å². The first-order valence-corrected chi connectivity index (χ1v) is 9.59. The first-order valence-electron chi connectivity index (χ1n) is 9.59. The number of methoxy groups -OCH3 is 1. The average molecular weight is 367 g/mol. The molecule has 0 amide bonds. The lowest BCUT2D eigenvalue weighted by Gasteiger charge is -2.39. The molecule has 1 aliphatic heterocycles. The Morgan fingerprint density at radius 1 is 1.15 bits per heavy atom. The second-order valence-electron chi connectivity index (χ2n) is 7.09. The summed E-state index contributed by atoms with van der Waals surface area (Å²) in [5.74, 6) is 2.13. The number of nitrogens with zero attached hydrogens (tertiary/aromatic N) is 1. The number of rotatable bonds is 8. The van der Waals surface area contributed by atoms with E-state index in [1.165, 1.54) is 16.7 Å². The summed E-state index contributed by atoms with van der Waals surface area (Å²) in [6, 6.07) is 15.2. The minimum atomic E-state index is 0.324. The van der Waals surface area contributed by atoms with Crippen LogP contribution in [-0.2, 0) is 0 Å². The van der Waals surface area contributed by atoms with Gasteiger partial charge in [0.05, 0.1) is 13.7 Å². The molecule has 0 bridgehead atoms. The molecule has 2 unspecified atom stereocenters. The van der Waals surface area contributed by atoms with Gasteiger partial charge in [-0.05, 0) is 67.4 Å². The fourth-order valence-electron chi connectivity index (χ4n) is 3.86. The molecule has 0 aromatic heterocycles. The maximum atomic E-state index is 5.90. The predicted molar refractivity (Wildman–Crippen MR) is 111 cm³/mol. The zero-order chi connectivity index (χ0) is 19.2. The van der Waals surface area contributed by atoms with Crippen molar-refractivity contribution in [3.05, 3.63) is 71.8 Å². The van der Waals surface area contributed by atoms with Gasteiger partial charge in [0.1, 0.15) is 11.5 Å². The summed E-state index contributed by atoms with van der Waals surface area (Å²) in [7, 11) is 3.89. The van der Waals surface area contributed by atoms with Gasteiger partial charge in [0, 0.05) is 18.5 Å². The SMILES string of the molecule is C=CCC1c2cc(OCCCN)ccc2C(c2ccc(OC)cc2)CN1C. The number of benzene rings is 2. The third-order valence-corrected chi connectivity index (χ3v) is 5.32. The quantitative estimate of drug-likeness (QED) is 0.564. The van der Waals surface area contributed by atoms with Gasteiger partial charge in [0.15, 0.2) is 0 Å². The summed E-state index contributed by atoms with van der Waals surface area (Å²) < 4.78 is 11.2. The van der Waals surface area contributed by atoms with Crippen LogP contribution < -0.4 is 15.2 Å². The van der Waals surface area contributed by atoms with Crippen molar-refractivity contribution < 1.29 is 9.47 Å². The minimum absolute atomic E-state index is 0.324. The Balaban J connectivity index is 1.96. The summed E-state index contributed by atoms with van der Waals surface area (Å²) in [5, 5.41) is 0. The second-order valence-corrected chi connectivity index (χ2v) is 7.09. The molecule has 27 heavy (non-hydrogen) atoms. The number of hydrogen-bond acceptors (Lipinski definition) is 4. The van der Waals surface area contributed by atoms with E-state index in [4.69, 9.17) is 15.2 Å². The molecule has 0 fully saturated rings. The van der Waals surface area contributed by atoms with Crippen LogP contribution in [0.5, 0.6) is 11.5 Å². The largest absolute Gasteiger partial charge is 0.497 e. The van der Waals surface area contributed by atoms with Gasteiger partial charge in [-0.3, -0.25) is 4.90 Å². The number of hydrogen-bond donors (Lipinski definition) is 1. The van der Waals surface area contributed by atoms with Gasteiger partial charge < -0.3 is 15.2 Å². The van der Waals surface area contributed by atoms with Crippen molar-refractivity contribution in [1.29, 1.82) is 0 Å². The molecule has 0 spiro atoms. The van der Waals surface area contributed by atoms with Crippen LogP contribution in [0.25, 0.3) is 0 Å². The van der Waals surface area contributed by atoms with Crippen molar-refractivity contribution in [1.82, 2.24) is 4.90 Å². The number of ether oxygens (including phenoxy) is 2. The van der Waals surface area contributed by atoms with Gasteiger partial charge in [-0.15, -0.1) is 6.58 Å². The molecule has 0 saturated carbocycles. The van der Waals surface area contributed by atoms with E-state index in [1.807, 2.05) is 18.2 Å². The van der Waals surface area contributed by atoms with Crippen LogP contribution in [0.2, 0.25) is 0 Å². The highest BCUT2D eigenvalue weighted by atomic mass is 16.5. The molecule has 2 aromatic rings. The summed E-state index contributed by atoms with van der Waals surface area (Å²) >= 11 is 0. The van der Waals surface area contributed by atoms with E-state index in [0.29, 0.717) is 25.1 Å². The smallest absolute Gasteiger partial charge is 0.119 e. The van der Waals surface area contributed by atoms with E-state index in [0.717, 1.165) is 30.9 Å². The first-order chi connectivity index (χ1) is 13.2. The number of nitrogens with two attached hydrogens (primary N) is 1. The van der Waals surface area contributed by atoms with Crippen molar-refractivity contribution in [2.45, 2.75) is 24.8 Å². The topological polar surface area (TPSA) is 47.7 Å². The molecule has 2 aromatic carbocycles. The molecule has 1 heterocycles. The summed E-state index contributed by atoms with van der Waals surface area (Å²) in [4.78, 5) is 2.42. The van der Waals surface area contributed by atoms with Crippen LogP contribution in [0.4, 0.5) is 0 Å². The molecule has 1 aliphatic rings. The molecule has 144 valence electrons. The molecule has 2 atom stereocenters. The molecular weight excluding hydrogens is 336 g/mol. The van der Waals surface area contributed by atoms with E-state index < -0.39 is 0 Å². The van der Waals surface area contributed by atoms with Crippen LogP contribution >= 0.6 is 0 Å². The monoisotopic (exact) mass is 366 g/mol. The van der Waals surface area contributed by atoms with Gasteiger partial charge in [-0.1, -0.05) is 24.3 Å². The Kier molecular flexibility index (Phi) is 6.54. The zero-order valence-corrected chi connectivity index (χ0v) is 16.4. The van der Waals surface area contributed by atoms with Crippen LogP contribution in [0, 0.1) is 0 Å². The molecular formula is C23H30N2O2. The number of likely N-dealkylation sites (N-methyl/N-ethyl adjacent to an activating group) is 1. The van der Waals surface area contributed by atoms with Crippen LogP contribution in [-0.4, -0.2) is 38.8 Å². The standard InChI is InChI=1S/C23H30N2O2/c1-4-6-23-21-15-19(27-14-5-13-24)11-12-20(21)22(16-25(23)2)17-7-9-18(26-3)10-8-17/h4,7-12,15,22-23H,1,5-6,13-14,16,24H2,2-3H3. The molecule has 0 saturated heterocycles. The van der Waals surface area contributed by atoms with Gasteiger partial charge >= 0.3 is 0 Å². The zero-order valence-electron chi connectivity index (χ0n) is 16.4. The van der Waals surface area contributed by atoms with E-state index >= 15 is 0 Å². The maximum Gasteiger partial charge on any atom is 0.119 e. The van der Waals surface area contributed by atoms with Crippen molar-refractivity contribution >= 4 is 0 Å². The second kappa shape index (κ2) is 9.07. The normalized spacial score (nSPS) is 19.4. The molecule has 0 radical (unpaired) electrons. The van der Waals surface area contributed by atoms with Gasteiger partial charge in [0.2, 0.25) is 0 Å². The highest BCUT2D eigenvalue weighted by Crippen LogP contribution is 2.42. The fraction of sp³-hybridized carbons (Fsp3) is 0.391. The highest BCUT2D eigenvalue weighted by Gasteiger charge is 2.31. The van der Waals surface area contributed by atoms with Crippen LogP contribution in [0.15, 0.2) is 55.1 Å². The molecule has 4 nitrogen and oxygen atoms in total. The maximum absolute atomic E-state index is 5.90. The predicted octanol–water partition coefficient (Wildman–Crippen LogP) is 4.12. The third-order valence-electron chi connectivity index (χ3n) is 5.32. The number of fused-ring (bicyclic) bond motifs is 1. The Bertz CT molecular complexity index is 757. The summed E-state index contributed by atoms with van der Waals surface area (Å²) in [6.07, 6.45) is 3.78. The lowest BCUT2D eigenvalue weighted by Crippen LogP contribution is -2.35. The molecule has 0 aliphatic carbocycles. The Morgan fingerprint density at radius 3 is 2.56 bits per heavy atom. The fourth-order valence-corrected chi connectivity index (χ4v) is 3.86. The lowest BCUT2D eigenvalue weighted by molar-refractivity contribution is 0.218. The summed E-state index contributed by atoms with van der Waals surface area (Å²) in [5.41, 5.74) is 9.58. The van der Waals surface area contributed by atoms with Gasteiger partial charge in [0.25, 0.3) is 0 Å². The lowest BCUT2D eigenvalue weighted by atomic mass is 9.80. The Labute approximate surface area is 162 Å². The van der Waals surface area contributed by atoms with E-state index in [9.17, 15) is 0 Å².